The molecule has 3 nitrogen and oxygen atoms in total. The summed E-state index contributed by atoms with van der Waals surface area (Å²) in [7, 11) is 0. The molecule has 0 spiro atoms. The molecule has 1 N–H and O–H groups in total. The van der Waals surface area contributed by atoms with Gasteiger partial charge in [-0.2, -0.15) is 0 Å². The van der Waals surface area contributed by atoms with Crippen molar-refractivity contribution in [2.24, 2.45) is 0 Å². The van der Waals surface area contributed by atoms with E-state index >= 15 is 0 Å². The van der Waals surface area contributed by atoms with E-state index in [-0.39, 0.29) is 0 Å². The summed E-state index contributed by atoms with van der Waals surface area (Å²) in [6, 6.07) is 1.93. The van der Waals surface area contributed by atoms with Crippen molar-refractivity contribution in [3.8, 4) is 0 Å². The minimum atomic E-state index is 0.915. The number of nitrogens with one attached hydrogen (secondary N) is 1. The van der Waals surface area contributed by atoms with Crippen molar-refractivity contribution in [2.75, 3.05) is 0 Å². The average Bonchev–Trinajstić information content (AvgIpc) is 2.43. The lowest BCUT2D eigenvalue weighted by Gasteiger charge is -2.01. The van der Waals surface area contributed by atoms with E-state index in [1.54, 1.807) is 12.4 Å². The van der Waals surface area contributed by atoms with Crippen LogP contribution in [0.3, 0.4) is 0 Å². The summed E-state index contributed by atoms with van der Waals surface area (Å²) < 4.78 is 0. The maximum absolute atomic E-state index is 4.40. The molecule has 0 aromatic carbocycles. The molecule has 13 heavy (non-hydrogen) atoms. The number of hydrogen-bond acceptors (Lipinski definition) is 2. The monoisotopic (exact) mass is 169 g/mol. The molecule has 0 atom stereocenters. The van der Waals surface area contributed by atoms with E-state index < -0.39 is 0 Å². The first-order chi connectivity index (χ1) is 6.43. The predicted molar refractivity (Wildman–Crippen MR) is 51.0 cm³/mol. The highest BCUT2D eigenvalue weighted by atomic mass is 14.9. The largest absolute Gasteiger partial charge is 0.338 e. The Kier molecular flexibility index (Phi) is 1.16. The van der Waals surface area contributed by atoms with Crippen LogP contribution >= 0.6 is 0 Å². The van der Waals surface area contributed by atoms with Gasteiger partial charge in [0.25, 0.3) is 0 Å². The molecule has 0 saturated heterocycles. The van der Waals surface area contributed by atoms with Gasteiger partial charge in [-0.05, 0) is 6.07 Å². The standard InChI is InChI=1S/C10H7N3/c1-2-7(3-1)10-12-8-4-5-11-6-9(8)13-10/h1-6H,(H,12,13). The van der Waals surface area contributed by atoms with Crippen LogP contribution in [0.2, 0.25) is 0 Å². The van der Waals surface area contributed by atoms with E-state index in [1.165, 1.54) is 0 Å². The minimum Gasteiger partial charge on any atom is -0.338 e. The highest BCUT2D eigenvalue weighted by Gasteiger charge is 2.07. The summed E-state index contributed by atoms with van der Waals surface area (Å²) in [6.07, 6.45) is 9.59. The number of aromatic nitrogens is 3. The molecule has 0 aliphatic heterocycles. The van der Waals surface area contributed by atoms with Gasteiger partial charge in [0.05, 0.1) is 11.7 Å². The third-order valence-electron chi connectivity index (χ3n) is 2.11. The number of nitrogens with zero attached hydrogens (tertiary/aromatic N) is 2. The lowest BCUT2D eigenvalue weighted by molar-refractivity contribution is 1.26. The molecule has 0 saturated carbocycles. The Bertz CT molecular complexity index is 487. The zero-order chi connectivity index (χ0) is 8.67. The van der Waals surface area contributed by atoms with E-state index in [4.69, 9.17) is 0 Å². The Morgan fingerprint density at radius 2 is 2.23 bits per heavy atom. The van der Waals surface area contributed by atoms with Crippen LogP contribution in [0.4, 0.5) is 0 Å². The summed E-state index contributed by atoms with van der Waals surface area (Å²) in [4.78, 5) is 11.6. The quantitative estimate of drug-likeness (QED) is 0.708. The first kappa shape index (κ1) is 6.60. The lowest BCUT2D eigenvalue weighted by Crippen LogP contribution is -1.87. The van der Waals surface area contributed by atoms with Gasteiger partial charge < -0.3 is 4.98 Å². The van der Waals surface area contributed by atoms with Crippen LogP contribution in [0.5, 0.6) is 0 Å². The third-order valence-corrected chi connectivity index (χ3v) is 2.11. The molecular formula is C10H7N3. The predicted octanol–water partition coefficient (Wildman–Crippen LogP) is 1.91. The zero-order valence-corrected chi connectivity index (χ0v) is 6.86. The van der Waals surface area contributed by atoms with Crippen molar-refractivity contribution in [3.05, 3.63) is 42.5 Å². The Morgan fingerprint density at radius 3 is 2.92 bits per heavy atom. The second-order valence-electron chi connectivity index (χ2n) is 2.96. The first-order valence-corrected chi connectivity index (χ1v) is 4.12. The number of hydrogen-bond donors (Lipinski definition) is 1. The molecule has 0 amide bonds. The van der Waals surface area contributed by atoms with Crippen LogP contribution in [0, 0.1) is 0 Å². The number of rotatable bonds is 1. The summed E-state index contributed by atoms with van der Waals surface area (Å²) in [5.41, 5.74) is 3.10. The number of fused-ring (bicyclic) bond motifs is 1. The maximum Gasteiger partial charge on any atom is 0.138 e. The molecular weight excluding hydrogens is 162 g/mol. The van der Waals surface area contributed by atoms with Gasteiger partial charge >= 0.3 is 0 Å². The lowest BCUT2D eigenvalue weighted by atomic mass is 10.1. The number of imidazole rings is 1. The van der Waals surface area contributed by atoms with E-state index in [2.05, 4.69) is 15.0 Å². The van der Waals surface area contributed by atoms with Crippen molar-refractivity contribution in [2.45, 2.75) is 0 Å². The van der Waals surface area contributed by atoms with Crippen molar-refractivity contribution in [1.29, 1.82) is 0 Å². The molecule has 1 aliphatic rings. The smallest absolute Gasteiger partial charge is 0.138 e. The summed E-state index contributed by atoms with van der Waals surface area (Å²) in [6.45, 7) is 0. The number of aromatic amines is 1. The van der Waals surface area contributed by atoms with Gasteiger partial charge in [0, 0.05) is 11.8 Å². The molecule has 2 aromatic rings. The third kappa shape index (κ3) is 0.902. The Labute approximate surface area is 74.8 Å². The van der Waals surface area contributed by atoms with Gasteiger partial charge in [0.1, 0.15) is 11.3 Å². The Morgan fingerprint density at radius 1 is 1.31 bits per heavy atom. The fourth-order valence-corrected chi connectivity index (χ4v) is 1.34. The van der Waals surface area contributed by atoms with Gasteiger partial charge in [-0.1, -0.05) is 18.2 Å². The number of allylic oxidation sites excluding steroid dienone is 4. The minimum absolute atomic E-state index is 0.915. The van der Waals surface area contributed by atoms with Crippen molar-refractivity contribution >= 4 is 16.6 Å². The maximum atomic E-state index is 4.40. The van der Waals surface area contributed by atoms with Gasteiger partial charge in [-0.3, -0.25) is 4.98 Å². The van der Waals surface area contributed by atoms with Gasteiger partial charge in [0.15, 0.2) is 0 Å². The molecule has 3 heteroatoms. The molecule has 1 aliphatic carbocycles. The SMILES string of the molecule is C1=CC(c2nc3cnccc3[nH]2)=C1. The van der Waals surface area contributed by atoms with E-state index in [1.807, 2.05) is 24.3 Å². The molecule has 0 fully saturated rings. The Balaban J connectivity index is 2.22. The van der Waals surface area contributed by atoms with Crippen LogP contribution in [0.25, 0.3) is 16.6 Å². The van der Waals surface area contributed by atoms with Gasteiger partial charge in [-0.15, -0.1) is 0 Å². The summed E-state index contributed by atoms with van der Waals surface area (Å²) >= 11 is 0. The Hall–Kier alpha value is -1.90. The van der Waals surface area contributed by atoms with Crippen molar-refractivity contribution < 1.29 is 0 Å². The van der Waals surface area contributed by atoms with Crippen LogP contribution in [0.1, 0.15) is 5.82 Å². The second kappa shape index (κ2) is 2.29. The van der Waals surface area contributed by atoms with Crippen LogP contribution < -0.4 is 0 Å². The molecule has 62 valence electrons. The zero-order valence-electron chi connectivity index (χ0n) is 6.86. The van der Waals surface area contributed by atoms with Crippen LogP contribution in [0.15, 0.2) is 36.7 Å². The van der Waals surface area contributed by atoms with E-state index in [9.17, 15) is 0 Å². The number of pyridine rings is 1. The molecule has 2 heterocycles. The molecule has 0 radical (unpaired) electrons. The fraction of sp³-hybridized carbons (Fsp3) is 0. The van der Waals surface area contributed by atoms with E-state index in [0.717, 1.165) is 22.4 Å². The normalized spacial score (nSPS) is 14.3. The first-order valence-electron chi connectivity index (χ1n) is 4.12. The van der Waals surface area contributed by atoms with Crippen LogP contribution in [-0.2, 0) is 0 Å². The summed E-state index contributed by atoms with van der Waals surface area (Å²) in [5, 5.41) is 0. The topological polar surface area (TPSA) is 41.6 Å². The molecule has 0 bridgehead atoms. The van der Waals surface area contributed by atoms with Crippen molar-refractivity contribution in [1.82, 2.24) is 15.0 Å². The number of H-pyrrole nitrogens is 1. The van der Waals surface area contributed by atoms with Crippen molar-refractivity contribution in [3.63, 3.8) is 0 Å². The highest BCUT2D eigenvalue weighted by molar-refractivity contribution is 5.83. The van der Waals surface area contributed by atoms with Gasteiger partial charge in [0.2, 0.25) is 0 Å². The van der Waals surface area contributed by atoms with Gasteiger partial charge in [-0.25, -0.2) is 4.98 Å². The van der Waals surface area contributed by atoms with E-state index in [0.29, 0.717) is 0 Å². The average molecular weight is 169 g/mol. The summed E-state index contributed by atoms with van der Waals surface area (Å²) in [5.74, 6) is 0.922. The fourth-order valence-electron chi connectivity index (χ4n) is 1.34. The highest BCUT2D eigenvalue weighted by Crippen LogP contribution is 2.21. The second-order valence-corrected chi connectivity index (χ2v) is 2.96. The molecule has 2 aromatic heterocycles. The van der Waals surface area contributed by atoms with Crippen LogP contribution in [-0.4, -0.2) is 15.0 Å². The molecule has 0 unspecified atom stereocenters. The molecule has 3 rings (SSSR count).